The molecule has 2 heterocycles. The number of carboxylic acid groups (broad SMARTS) is 1. The van der Waals surface area contributed by atoms with Crippen molar-refractivity contribution in [3.63, 3.8) is 0 Å². The second-order valence-corrected chi connectivity index (χ2v) is 4.72. The lowest BCUT2D eigenvalue weighted by Crippen LogP contribution is -1.94. The Bertz CT molecular complexity index is 928. The van der Waals surface area contributed by atoms with Crippen LogP contribution in [0, 0.1) is 29.6 Å². The number of carbonyl (C=O) groups is 1. The molecule has 0 spiro atoms. The molecule has 6 nitrogen and oxygen atoms in total. The number of H-pyrrole nitrogens is 1. The van der Waals surface area contributed by atoms with Gasteiger partial charge in [0.15, 0.2) is 0 Å². The van der Waals surface area contributed by atoms with Gasteiger partial charge in [-0.2, -0.15) is 10.5 Å². The first-order chi connectivity index (χ1) is 11.0. The third kappa shape index (κ3) is 3.72. The number of nitrogens with one attached hydrogen (secondary N) is 1. The van der Waals surface area contributed by atoms with E-state index in [9.17, 15) is 4.79 Å². The number of nitriles is 2. The van der Waals surface area contributed by atoms with Gasteiger partial charge in [-0.1, -0.05) is 17.7 Å². The van der Waals surface area contributed by atoms with Crippen LogP contribution in [0.2, 0.25) is 0 Å². The molecule has 0 fully saturated rings. The smallest absolute Gasteiger partial charge is 0.335 e. The minimum absolute atomic E-state index is 0.339. The molecule has 0 radical (unpaired) electrons. The van der Waals surface area contributed by atoms with E-state index in [1.54, 1.807) is 36.5 Å². The van der Waals surface area contributed by atoms with Crippen molar-refractivity contribution < 1.29 is 9.90 Å². The van der Waals surface area contributed by atoms with Crippen LogP contribution in [0.25, 0.3) is 11.0 Å². The quantitative estimate of drug-likeness (QED) is 0.717. The van der Waals surface area contributed by atoms with Crippen molar-refractivity contribution in [3.8, 4) is 12.1 Å². The van der Waals surface area contributed by atoms with E-state index >= 15 is 0 Å². The average Bonchev–Trinajstić information content (AvgIpc) is 2.98. The van der Waals surface area contributed by atoms with Crippen LogP contribution in [-0.2, 0) is 0 Å². The third-order valence-corrected chi connectivity index (χ3v) is 3.08. The fourth-order valence-electron chi connectivity index (χ4n) is 1.85. The maximum atomic E-state index is 10.3. The normalized spacial score (nSPS) is 9.35. The number of aromatic amines is 1. The van der Waals surface area contributed by atoms with E-state index in [0.29, 0.717) is 27.7 Å². The third-order valence-electron chi connectivity index (χ3n) is 3.08. The summed E-state index contributed by atoms with van der Waals surface area (Å²) in [5, 5.41) is 26.5. The molecule has 0 unspecified atom stereocenters. The zero-order valence-electron chi connectivity index (χ0n) is 12.2. The predicted octanol–water partition coefficient (Wildman–Crippen LogP) is 3.00. The van der Waals surface area contributed by atoms with Crippen LogP contribution in [0.5, 0.6) is 0 Å². The van der Waals surface area contributed by atoms with Gasteiger partial charge in [-0.3, -0.25) is 0 Å². The van der Waals surface area contributed by atoms with E-state index in [-0.39, 0.29) is 0 Å². The lowest BCUT2D eigenvalue weighted by atomic mass is 10.2. The van der Waals surface area contributed by atoms with Crippen LogP contribution in [0.4, 0.5) is 0 Å². The Hall–Kier alpha value is -3.64. The molecule has 0 saturated carbocycles. The summed E-state index contributed by atoms with van der Waals surface area (Å²) in [6.45, 7) is 1.92. The Labute approximate surface area is 132 Å². The molecule has 112 valence electrons. The molecule has 2 N–H and O–H groups in total. The molecule has 6 heteroatoms. The molecule has 0 aliphatic heterocycles. The van der Waals surface area contributed by atoms with Crippen molar-refractivity contribution in [3.05, 3.63) is 65.0 Å². The standard InChI is InChI=1S/C9H4N4.C8H8O2/c10-2-6-1-8-7(3-11)5-13-9(8)12-4-6;1-6-2-4-7(5-3-6)8(9)10/h1,4-5H,(H,12,13);2-5H,1H3,(H,9,10). The molecule has 3 rings (SSSR count). The molecule has 0 aliphatic carbocycles. The summed E-state index contributed by atoms with van der Waals surface area (Å²) in [7, 11) is 0. The number of aromatic carboxylic acids is 1. The highest BCUT2D eigenvalue weighted by molar-refractivity contribution is 5.87. The zero-order chi connectivity index (χ0) is 16.8. The summed E-state index contributed by atoms with van der Waals surface area (Å²) in [6.07, 6.45) is 3.05. The number of aryl methyl sites for hydroxylation is 1. The number of rotatable bonds is 1. The van der Waals surface area contributed by atoms with Crippen LogP contribution in [0.15, 0.2) is 42.7 Å². The van der Waals surface area contributed by atoms with Crippen molar-refractivity contribution in [2.75, 3.05) is 0 Å². The molecular weight excluding hydrogens is 292 g/mol. The molecule has 0 atom stereocenters. The number of carboxylic acids is 1. The maximum Gasteiger partial charge on any atom is 0.335 e. The number of hydrogen-bond donors (Lipinski definition) is 2. The second-order valence-electron chi connectivity index (χ2n) is 4.72. The molecule has 3 aromatic rings. The summed E-state index contributed by atoms with van der Waals surface area (Å²) in [4.78, 5) is 17.2. The van der Waals surface area contributed by atoms with Gasteiger partial charge >= 0.3 is 5.97 Å². The number of hydrogen-bond acceptors (Lipinski definition) is 4. The van der Waals surface area contributed by atoms with Crippen molar-refractivity contribution in [2.45, 2.75) is 6.92 Å². The van der Waals surface area contributed by atoms with Gasteiger partial charge in [-0.05, 0) is 25.1 Å². The minimum atomic E-state index is -0.875. The number of benzene rings is 1. The van der Waals surface area contributed by atoms with Gasteiger partial charge in [0.25, 0.3) is 0 Å². The fourth-order valence-corrected chi connectivity index (χ4v) is 1.85. The first kappa shape index (κ1) is 15.7. The predicted molar refractivity (Wildman–Crippen MR) is 83.7 cm³/mol. The Morgan fingerprint density at radius 1 is 1.22 bits per heavy atom. The molecule has 0 amide bonds. The summed E-state index contributed by atoms with van der Waals surface area (Å²) in [5.41, 5.74) is 3.02. The highest BCUT2D eigenvalue weighted by atomic mass is 16.4. The van der Waals surface area contributed by atoms with Crippen LogP contribution < -0.4 is 0 Å². The highest BCUT2D eigenvalue weighted by Gasteiger charge is 2.04. The van der Waals surface area contributed by atoms with Gasteiger partial charge < -0.3 is 10.1 Å². The van der Waals surface area contributed by atoms with Gasteiger partial charge in [0, 0.05) is 17.8 Å². The first-order valence-corrected chi connectivity index (χ1v) is 6.62. The van der Waals surface area contributed by atoms with Gasteiger partial charge in [-0.25, -0.2) is 9.78 Å². The van der Waals surface area contributed by atoms with Crippen LogP contribution in [0.1, 0.15) is 27.0 Å². The number of aromatic nitrogens is 2. The molecule has 2 aromatic heterocycles. The lowest BCUT2D eigenvalue weighted by Gasteiger charge is -1.92. The van der Waals surface area contributed by atoms with E-state index in [1.165, 1.54) is 6.20 Å². The molecule has 0 saturated heterocycles. The van der Waals surface area contributed by atoms with Crippen molar-refractivity contribution in [1.29, 1.82) is 10.5 Å². The average molecular weight is 304 g/mol. The van der Waals surface area contributed by atoms with Crippen LogP contribution in [0.3, 0.4) is 0 Å². The van der Waals surface area contributed by atoms with E-state index in [2.05, 4.69) is 9.97 Å². The van der Waals surface area contributed by atoms with E-state index in [4.69, 9.17) is 15.6 Å². The van der Waals surface area contributed by atoms with Crippen molar-refractivity contribution in [1.82, 2.24) is 9.97 Å². The molecule has 1 aromatic carbocycles. The minimum Gasteiger partial charge on any atom is -0.478 e. The molecule has 23 heavy (non-hydrogen) atoms. The fraction of sp³-hybridized carbons (Fsp3) is 0.0588. The van der Waals surface area contributed by atoms with E-state index < -0.39 is 5.97 Å². The number of pyridine rings is 1. The summed E-state index contributed by atoms with van der Waals surface area (Å²) in [5.74, 6) is -0.875. The second kappa shape index (κ2) is 6.88. The van der Waals surface area contributed by atoms with Crippen molar-refractivity contribution >= 4 is 17.0 Å². The first-order valence-electron chi connectivity index (χ1n) is 6.62. The summed E-state index contributed by atoms with van der Waals surface area (Å²) < 4.78 is 0. The molecular formula is C17H12N4O2. The Balaban J connectivity index is 0.000000174. The monoisotopic (exact) mass is 304 g/mol. The van der Waals surface area contributed by atoms with Gasteiger partial charge in [0.1, 0.15) is 17.8 Å². The highest BCUT2D eigenvalue weighted by Crippen LogP contribution is 2.16. The van der Waals surface area contributed by atoms with Gasteiger partial charge in [0.2, 0.25) is 0 Å². The number of fused-ring (bicyclic) bond motifs is 1. The molecule has 0 aliphatic rings. The van der Waals surface area contributed by atoms with Crippen LogP contribution >= 0.6 is 0 Å². The Morgan fingerprint density at radius 3 is 2.48 bits per heavy atom. The van der Waals surface area contributed by atoms with E-state index in [0.717, 1.165) is 5.56 Å². The Morgan fingerprint density at radius 2 is 1.91 bits per heavy atom. The largest absolute Gasteiger partial charge is 0.478 e. The Kier molecular flexibility index (Phi) is 4.71. The van der Waals surface area contributed by atoms with Gasteiger partial charge in [-0.15, -0.1) is 0 Å². The summed E-state index contributed by atoms with van der Waals surface area (Å²) in [6, 6.07) is 12.4. The SMILES string of the molecule is Cc1ccc(C(=O)O)cc1.N#Cc1cnc2[nH]cc(C#N)c2c1. The topological polar surface area (TPSA) is 114 Å². The maximum absolute atomic E-state index is 10.3. The summed E-state index contributed by atoms with van der Waals surface area (Å²) >= 11 is 0. The van der Waals surface area contributed by atoms with Gasteiger partial charge in [0.05, 0.1) is 16.7 Å². The van der Waals surface area contributed by atoms with Crippen molar-refractivity contribution in [2.24, 2.45) is 0 Å². The lowest BCUT2D eigenvalue weighted by molar-refractivity contribution is 0.0697. The zero-order valence-corrected chi connectivity index (χ0v) is 12.2. The number of nitrogens with zero attached hydrogens (tertiary/aromatic N) is 3. The molecule has 0 bridgehead atoms. The van der Waals surface area contributed by atoms with E-state index in [1.807, 2.05) is 19.1 Å². The van der Waals surface area contributed by atoms with Crippen LogP contribution in [-0.4, -0.2) is 21.0 Å².